The largest absolute Gasteiger partial charge is 0.450 e. The van der Waals surface area contributed by atoms with Crippen molar-refractivity contribution >= 4 is 22.7 Å². The number of hydrogen-bond donors (Lipinski definition) is 1. The summed E-state index contributed by atoms with van der Waals surface area (Å²) in [7, 11) is 0. The molecule has 4 nitrogen and oxygen atoms in total. The number of aryl methyl sites for hydroxylation is 1. The minimum atomic E-state index is -0.441. The van der Waals surface area contributed by atoms with Crippen LogP contribution in [-0.4, -0.2) is 17.7 Å². The molecule has 1 aromatic carbocycles. The van der Waals surface area contributed by atoms with E-state index in [1.54, 1.807) is 6.92 Å². The Balaban J connectivity index is 2.42. The molecule has 0 fully saturated rings. The molecule has 0 unspecified atom stereocenters. The van der Waals surface area contributed by atoms with E-state index in [2.05, 4.69) is 10.3 Å². The van der Waals surface area contributed by atoms with Gasteiger partial charge in [0.25, 0.3) is 0 Å². The summed E-state index contributed by atoms with van der Waals surface area (Å²) in [6.07, 6.45) is -0.441. The molecule has 0 atom stereocenters. The van der Waals surface area contributed by atoms with E-state index in [-0.39, 0.29) is 0 Å². The van der Waals surface area contributed by atoms with E-state index in [9.17, 15) is 4.79 Å². The van der Waals surface area contributed by atoms with Crippen LogP contribution in [0.5, 0.6) is 0 Å². The molecule has 88 valence electrons. The summed E-state index contributed by atoms with van der Waals surface area (Å²) < 4.78 is 4.86. The van der Waals surface area contributed by atoms with Crippen molar-refractivity contribution in [1.29, 1.82) is 0 Å². The molecule has 4 heteroatoms. The van der Waals surface area contributed by atoms with Gasteiger partial charge in [-0.15, -0.1) is 0 Å². The maximum absolute atomic E-state index is 11.4. The third-order valence-corrected chi connectivity index (χ3v) is 2.36. The lowest BCUT2D eigenvalue weighted by Crippen LogP contribution is -2.13. The second kappa shape index (κ2) is 4.82. The number of nitrogens with one attached hydrogen (secondary N) is 1. The minimum Gasteiger partial charge on any atom is -0.450 e. The van der Waals surface area contributed by atoms with Crippen molar-refractivity contribution in [2.45, 2.75) is 13.8 Å². The molecule has 1 amide bonds. The van der Waals surface area contributed by atoms with Crippen LogP contribution in [0.4, 0.5) is 10.5 Å². The third-order valence-electron chi connectivity index (χ3n) is 2.36. The van der Waals surface area contributed by atoms with Crippen LogP contribution < -0.4 is 5.32 Å². The zero-order valence-corrected chi connectivity index (χ0v) is 9.86. The van der Waals surface area contributed by atoms with Gasteiger partial charge in [-0.2, -0.15) is 0 Å². The second-order valence-electron chi connectivity index (χ2n) is 3.67. The number of hydrogen-bond acceptors (Lipinski definition) is 3. The SMILES string of the molecule is CCOC(=O)Nc1cc(C)nc2ccccc12. The van der Waals surface area contributed by atoms with E-state index < -0.39 is 6.09 Å². The number of ether oxygens (including phenoxy) is 1. The van der Waals surface area contributed by atoms with Gasteiger partial charge in [0.15, 0.2) is 0 Å². The standard InChI is InChI=1S/C13H14N2O2/c1-3-17-13(16)15-12-8-9(2)14-11-7-5-4-6-10(11)12/h4-8H,3H2,1-2H3,(H,14,15,16). The molecule has 0 aliphatic heterocycles. The maximum atomic E-state index is 11.4. The number of para-hydroxylation sites is 1. The average Bonchev–Trinajstić information content (AvgIpc) is 2.29. The lowest BCUT2D eigenvalue weighted by Gasteiger charge is -2.09. The molecular formula is C13H14N2O2. The fourth-order valence-electron chi connectivity index (χ4n) is 1.69. The lowest BCUT2D eigenvalue weighted by molar-refractivity contribution is 0.168. The fourth-order valence-corrected chi connectivity index (χ4v) is 1.69. The molecule has 0 radical (unpaired) electrons. The number of fused-ring (bicyclic) bond motifs is 1. The summed E-state index contributed by atoms with van der Waals surface area (Å²) in [5.41, 5.74) is 2.45. The van der Waals surface area contributed by atoms with Gasteiger partial charge in [-0.3, -0.25) is 10.3 Å². The highest BCUT2D eigenvalue weighted by Gasteiger charge is 2.07. The number of benzene rings is 1. The van der Waals surface area contributed by atoms with Crippen molar-refractivity contribution in [1.82, 2.24) is 4.98 Å². The quantitative estimate of drug-likeness (QED) is 0.862. The van der Waals surface area contributed by atoms with Gasteiger partial charge in [-0.25, -0.2) is 4.79 Å². The van der Waals surface area contributed by atoms with Crippen LogP contribution in [0, 0.1) is 6.92 Å². The molecule has 1 aromatic heterocycles. The highest BCUT2D eigenvalue weighted by atomic mass is 16.5. The normalized spacial score (nSPS) is 10.2. The van der Waals surface area contributed by atoms with Crippen molar-refractivity contribution in [3.63, 3.8) is 0 Å². The number of pyridine rings is 1. The zero-order chi connectivity index (χ0) is 12.3. The third kappa shape index (κ3) is 2.53. The summed E-state index contributed by atoms with van der Waals surface area (Å²) in [6.45, 7) is 4.02. The van der Waals surface area contributed by atoms with Crippen LogP contribution in [0.25, 0.3) is 10.9 Å². The van der Waals surface area contributed by atoms with E-state index in [0.717, 1.165) is 22.3 Å². The van der Waals surface area contributed by atoms with Crippen molar-refractivity contribution in [3.05, 3.63) is 36.0 Å². The first-order valence-corrected chi connectivity index (χ1v) is 5.51. The summed E-state index contributed by atoms with van der Waals surface area (Å²) in [6, 6.07) is 9.50. The number of carbonyl (C=O) groups excluding carboxylic acids is 1. The van der Waals surface area contributed by atoms with Crippen molar-refractivity contribution < 1.29 is 9.53 Å². The van der Waals surface area contributed by atoms with Crippen LogP contribution in [0.1, 0.15) is 12.6 Å². The number of nitrogens with zero attached hydrogens (tertiary/aromatic N) is 1. The van der Waals surface area contributed by atoms with Gasteiger partial charge in [0.2, 0.25) is 0 Å². The second-order valence-corrected chi connectivity index (χ2v) is 3.67. The number of anilines is 1. The fraction of sp³-hybridized carbons (Fsp3) is 0.231. The Bertz CT molecular complexity index is 552. The maximum Gasteiger partial charge on any atom is 0.411 e. The number of amides is 1. The molecule has 0 bridgehead atoms. The molecule has 2 rings (SSSR count). The zero-order valence-electron chi connectivity index (χ0n) is 9.86. The molecule has 0 saturated heterocycles. The first-order valence-electron chi connectivity index (χ1n) is 5.51. The molecule has 1 N–H and O–H groups in total. The molecule has 0 aliphatic rings. The van der Waals surface area contributed by atoms with E-state index in [1.165, 1.54) is 0 Å². The summed E-state index contributed by atoms with van der Waals surface area (Å²) in [5, 5.41) is 3.63. The molecule has 0 spiro atoms. The van der Waals surface area contributed by atoms with Gasteiger partial charge in [0, 0.05) is 11.1 Å². The number of rotatable bonds is 2. The highest BCUT2D eigenvalue weighted by molar-refractivity contribution is 5.98. The minimum absolute atomic E-state index is 0.355. The Morgan fingerprint density at radius 2 is 2.18 bits per heavy atom. The molecule has 0 aliphatic carbocycles. The Morgan fingerprint density at radius 1 is 1.41 bits per heavy atom. The van der Waals surface area contributed by atoms with E-state index in [1.807, 2.05) is 37.3 Å². The van der Waals surface area contributed by atoms with Crippen LogP contribution in [0.15, 0.2) is 30.3 Å². The first-order chi connectivity index (χ1) is 8.20. The van der Waals surface area contributed by atoms with Gasteiger partial charge in [-0.05, 0) is 26.0 Å². The van der Waals surface area contributed by atoms with Gasteiger partial charge >= 0.3 is 6.09 Å². The van der Waals surface area contributed by atoms with E-state index >= 15 is 0 Å². The van der Waals surface area contributed by atoms with Crippen molar-refractivity contribution in [2.24, 2.45) is 0 Å². The summed E-state index contributed by atoms with van der Waals surface area (Å²) in [4.78, 5) is 15.8. The van der Waals surface area contributed by atoms with Gasteiger partial charge in [-0.1, -0.05) is 18.2 Å². The number of carbonyl (C=O) groups is 1. The molecule has 2 aromatic rings. The smallest absolute Gasteiger partial charge is 0.411 e. The summed E-state index contributed by atoms with van der Waals surface area (Å²) in [5.74, 6) is 0. The van der Waals surface area contributed by atoms with Crippen molar-refractivity contribution in [3.8, 4) is 0 Å². The Hall–Kier alpha value is -2.10. The Labute approximate surface area is 99.6 Å². The first kappa shape index (κ1) is 11.4. The van der Waals surface area contributed by atoms with Crippen LogP contribution in [0.3, 0.4) is 0 Å². The number of aromatic nitrogens is 1. The molecule has 0 saturated carbocycles. The predicted octanol–water partition coefficient (Wildman–Crippen LogP) is 3.11. The molecule has 17 heavy (non-hydrogen) atoms. The highest BCUT2D eigenvalue weighted by Crippen LogP contribution is 2.22. The van der Waals surface area contributed by atoms with Gasteiger partial charge in [0.05, 0.1) is 17.8 Å². The van der Waals surface area contributed by atoms with Crippen LogP contribution in [-0.2, 0) is 4.74 Å². The topological polar surface area (TPSA) is 51.2 Å². The monoisotopic (exact) mass is 230 g/mol. The predicted molar refractivity (Wildman–Crippen MR) is 67.1 cm³/mol. The molecule has 1 heterocycles. The summed E-state index contributed by atoms with van der Waals surface area (Å²) >= 11 is 0. The van der Waals surface area contributed by atoms with E-state index in [0.29, 0.717) is 6.61 Å². The van der Waals surface area contributed by atoms with Crippen LogP contribution in [0.2, 0.25) is 0 Å². The Kier molecular flexibility index (Phi) is 3.23. The van der Waals surface area contributed by atoms with E-state index in [4.69, 9.17) is 4.74 Å². The lowest BCUT2D eigenvalue weighted by atomic mass is 10.1. The molecular weight excluding hydrogens is 216 g/mol. The Morgan fingerprint density at radius 3 is 2.94 bits per heavy atom. The van der Waals surface area contributed by atoms with Gasteiger partial charge in [0.1, 0.15) is 0 Å². The average molecular weight is 230 g/mol. The van der Waals surface area contributed by atoms with Gasteiger partial charge < -0.3 is 4.74 Å². The van der Waals surface area contributed by atoms with Crippen molar-refractivity contribution in [2.75, 3.05) is 11.9 Å². The van der Waals surface area contributed by atoms with Crippen LogP contribution >= 0.6 is 0 Å².